The van der Waals surface area contributed by atoms with E-state index in [4.69, 9.17) is 9.47 Å². The molecule has 0 unspecified atom stereocenters. The van der Waals surface area contributed by atoms with Gasteiger partial charge in [0, 0.05) is 5.56 Å². The van der Waals surface area contributed by atoms with Crippen molar-refractivity contribution in [1.29, 1.82) is 0 Å². The van der Waals surface area contributed by atoms with Gasteiger partial charge < -0.3 is 9.47 Å². The molecular formula is C10H11BrO3. The summed E-state index contributed by atoms with van der Waals surface area (Å²) < 4.78 is 10.9. The molecule has 1 aromatic carbocycles. The Bertz CT molecular complexity index is 361. The molecule has 1 aromatic rings. The summed E-state index contributed by atoms with van der Waals surface area (Å²) in [4.78, 5) is 11.1. The van der Waals surface area contributed by atoms with Crippen molar-refractivity contribution in [2.24, 2.45) is 0 Å². The summed E-state index contributed by atoms with van der Waals surface area (Å²) in [6.45, 7) is 1.51. The zero-order valence-electron chi connectivity index (χ0n) is 8.26. The standard InChI is InChI=1S/C10H11BrO3/c1-6(12)7-4-8(11)10(14-3)9(5-7)13-2/h4-5H,1-3H3. The Balaban J connectivity index is 3.31. The van der Waals surface area contributed by atoms with Crippen LogP contribution in [-0.4, -0.2) is 20.0 Å². The first kappa shape index (κ1) is 11.0. The minimum atomic E-state index is -0.00773. The summed E-state index contributed by atoms with van der Waals surface area (Å²) in [5.74, 6) is 1.14. The number of hydrogen-bond acceptors (Lipinski definition) is 3. The van der Waals surface area contributed by atoms with E-state index in [1.54, 1.807) is 19.2 Å². The second-order valence-corrected chi connectivity index (χ2v) is 3.60. The van der Waals surface area contributed by atoms with Crippen molar-refractivity contribution >= 4 is 21.7 Å². The SMILES string of the molecule is COc1cc(C(C)=O)cc(Br)c1OC. The molecule has 0 aliphatic carbocycles. The molecule has 1 rings (SSSR count). The van der Waals surface area contributed by atoms with Crippen molar-refractivity contribution in [2.75, 3.05) is 14.2 Å². The van der Waals surface area contributed by atoms with Crippen molar-refractivity contribution < 1.29 is 14.3 Å². The Morgan fingerprint density at radius 1 is 1.29 bits per heavy atom. The first-order valence-corrected chi connectivity index (χ1v) is 4.82. The lowest BCUT2D eigenvalue weighted by molar-refractivity contribution is 0.101. The van der Waals surface area contributed by atoms with Crippen molar-refractivity contribution in [3.63, 3.8) is 0 Å². The van der Waals surface area contributed by atoms with E-state index in [1.807, 2.05) is 0 Å². The third-order valence-corrected chi connectivity index (χ3v) is 2.43. The van der Waals surface area contributed by atoms with Crippen LogP contribution in [0, 0.1) is 0 Å². The molecule has 4 heteroatoms. The highest BCUT2D eigenvalue weighted by Crippen LogP contribution is 2.36. The number of hydrogen-bond donors (Lipinski definition) is 0. The number of ketones is 1. The third-order valence-electron chi connectivity index (χ3n) is 1.84. The Morgan fingerprint density at radius 2 is 1.93 bits per heavy atom. The van der Waals surface area contributed by atoms with Gasteiger partial charge in [-0.3, -0.25) is 4.79 Å². The summed E-state index contributed by atoms with van der Waals surface area (Å²) in [5.41, 5.74) is 0.592. The molecule has 76 valence electrons. The minimum absolute atomic E-state index is 0.00773. The molecule has 0 spiro atoms. The largest absolute Gasteiger partial charge is 0.493 e. The van der Waals surface area contributed by atoms with Crippen LogP contribution in [0.15, 0.2) is 16.6 Å². The molecule has 0 saturated heterocycles. The highest BCUT2D eigenvalue weighted by molar-refractivity contribution is 9.10. The van der Waals surface area contributed by atoms with E-state index in [2.05, 4.69) is 15.9 Å². The molecule has 0 bridgehead atoms. The molecule has 0 N–H and O–H groups in total. The Morgan fingerprint density at radius 3 is 2.36 bits per heavy atom. The van der Waals surface area contributed by atoms with E-state index < -0.39 is 0 Å². The van der Waals surface area contributed by atoms with Crippen molar-refractivity contribution in [3.05, 3.63) is 22.2 Å². The van der Waals surface area contributed by atoms with Gasteiger partial charge in [0.05, 0.1) is 18.7 Å². The Hall–Kier alpha value is -1.03. The second-order valence-electron chi connectivity index (χ2n) is 2.75. The molecule has 0 radical (unpaired) electrons. The summed E-state index contributed by atoms with van der Waals surface area (Å²) >= 11 is 3.31. The number of carbonyl (C=O) groups is 1. The van der Waals surface area contributed by atoms with E-state index in [0.717, 1.165) is 0 Å². The van der Waals surface area contributed by atoms with Gasteiger partial charge >= 0.3 is 0 Å². The first-order valence-electron chi connectivity index (χ1n) is 4.02. The fourth-order valence-corrected chi connectivity index (χ4v) is 1.73. The zero-order valence-corrected chi connectivity index (χ0v) is 9.84. The van der Waals surface area contributed by atoms with Gasteiger partial charge in [0.1, 0.15) is 0 Å². The van der Waals surface area contributed by atoms with Crippen LogP contribution in [0.3, 0.4) is 0 Å². The van der Waals surface area contributed by atoms with E-state index in [9.17, 15) is 4.79 Å². The van der Waals surface area contributed by atoms with Gasteiger partial charge in [0.25, 0.3) is 0 Å². The smallest absolute Gasteiger partial charge is 0.174 e. The van der Waals surface area contributed by atoms with Crippen LogP contribution in [0.1, 0.15) is 17.3 Å². The maximum absolute atomic E-state index is 11.1. The molecular weight excluding hydrogens is 248 g/mol. The molecule has 14 heavy (non-hydrogen) atoms. The van der Waals surface area contributed by atoms with Gasteiger partial charge in [0.15, 0.2) is 17.3 Å². The van der Waals surface area contributed by atoms with Crippen molar-refractivity contribution in [3.8, 4) is 11.5 Å². The quantitative estimate of drug-likeness (QED) is 0.783. The van der Waals surface area contributed by atoms with Crippen LogP contribution in [0.4, 0.5) is 0 Å². The lowest BCUT2D eigenvalue weighted by Crippen LogP contribution is -1.97. The molecule has 0 amide bonds. The van der Waals surface area contributed by atoms with Crippen LogP contribution in [0.5, 0.6) is 11.5 Å². The van der Waals surface area contributed by atoms with Gasteiger partial charge in [-0.1, -0.05) is 0 Å². The van der Waals surface area contributed by atoms with Crippen LogP contribution in [0.25, 0.3) is 0 Å². The van der Waals surface area contributed by atoms with E-state index in [-0.39, 0.29) is 5.78 Å². The normalized spacial score (nSPS) is 9.71. The lowest BCUT2D eigenvalue weighted by Gasteiger charge is -2.10. The Labute approximate surface area is 91.1 Å². The average molecular weight is 259 g/mol. The summed E-state index contributed by atoms with van der Waals surface area (Å²) in [7, 11) is 3.09. The van der Waals surface area contributed by atoms with Gasteiger partial charge in [0.2, 0.25) is 0 Å². The topological polar surface area (TPSA) is 35.5 Å². The molecule has 0 aliphatic rings. The average Bonchev–Trinajstić information content (AvgIpc) is 2.16. The predicted molar refractivity (Wildman–Crippen MR) is 57.3 cm³/mol. The number of ether oxygens (including phenoxy) is 2. The number of Topliss-reactive ketones (excluding diaryl/α,β-unsaturated/α-hetero) is 1. The van der Waals surface area contributed by atoms with Crippen molar-refractivity contribution in [2.45, 2.75) is 6.92 Å². The maximum atomic E-state index is 11.1. The van der Waals surface area contributed by atoms with Crippen molar-refractivity contribution in [1.82, 2.24) is 0 Å². The lowest BCUT2D eigenvalue weighted by atomic mass is 10.1. The molecule has 3 nitrogen and oxygen atoms in total. The zero-order chi connectivity index (χ0) is 10.7. The van der Waals surface area contributed by atoms with Gasteiger partial charge in [-0.25, -0.2) is 0 Å². The highest BCUT2D eigenvalue weighted by atomic mass is 79.9. The number of methoxy groups -OCH3 is 2. The molecule has 0 aliphatic heterocycles. The van der Waals surface area contributed by atoms with E-state index in [1.165, 1.54) is 14.0 Å². The van der Waals surface area contributed by atoms with Gasteiger partial charge in [-0.05, 0) is 35.0 Å². The third kappa shape index (κ3) is 2.07. The number of rotatable bonds is 3. The number of benzene rings is 1. The van der Waals surface area contributed by atoms with Crippen LogP contribution >= 0.6 is 15.9 Å². The summed E-state index contributed by atoms with van der Waals surface area (Å²) in [5, 5.41) is 0. The van der Waals surface area contributed by atoms with Crippen LogP contribution in [-0.2, 0) is 0 Å². The highest BCUT2D eigenvalue weighted by Gasteiger charge is 2.12. The minimum Gasteiger partial charge on any atom is -0.493 e. The fourth-order valence-electron chi connectivity index (χ4n) is 1.12. The van der Waals surface area contributed by atoms with Crippen LogP contribution in [0.2, 0.25) is 0 Å². The van der Waals surface area contributed by atoms with Gasteiger partial charge in [-0.15, -0.1) is 0 Å². The molecule has 0 heterocycles. The monoisotopic (exact) mass is 258 g/mol. The fraction of sp³-hybridized carbons (Fsp3) is 0.300. The predicted octanol–water partition coefficient (Wildman–Crippen LogP) is 2.67. The summed E-state index contributed by atoms with van der Waals surface area (Å²) in [6, 6.07) is 3.37. The first-order chi connectivity index (χ1) is 6.60. The summed E-state index contributed by atoms with van der Waals surface area (Å²) in [6.07, 6.45) is 0. The molecule has 0 saturated carbocycles. The molecule has 0 aromatic heterocycles. The van der Waals surface area contributed by atoms with E-state index >= 15 is 0 Å². The molecule has 0 fully saturated rings. The van der Waals surface area contributed by atoms with E-state index in [0.29, 0.717) is 21.5 Å². The second kappa shape index (κ2) is 4.46. The molecule has 0 atom stereocenters. The van der Waals surface area contributed by atoms with Crippen LogP contribution < -0.4 is 9.47 Å². The number of halogens is 1. The Kier molecular flexibility index (Phi) is 3.52. The van der Waals surface area contributed by atoms with Gasteiger partial charge in [-0.2, -0.15) is 0 Å². The maximum Gasteiger partial charge on any atom is 0.174 e. The number of carbonyl (C=O) groups excluding carboxylic acids is 1.